The van der Waals surface area contributed by atoms with E-state index in [2.05, 4.69) is 5.32 Å². The van der Waals surface area contributed by atoms with Gasteiger partial charge in [-0.1, -0.05) is 29.3 Å². The molecule has 30 heavy (non-hydrogen) atoms. The molecule has 3 aromatic rings. The van der Waals surface area contributed by atoms with Crippen LogP contribution in [0.3, 0.4) is 0 Å². The number of ether oxygens (including phenoxy) is 1. The number of primary amides is 1. The first kappa shape index (κ1) is 21.6. The Hall–Kier alpha value is -3.09. The van der Waals surface area contributed by atoms with Gasteiger partial charge in [-0.15, -0.1) is 0 Å². The molecule has 3 N–H and O–H groups in total. The van der Waals surface area contributed by atoms with Crippen LogP contribution in [-0.2, 0) is 6.42 Å². The molecule has 154 valence electrons. The molecule has 0 aliphatic heterocycles. The van der Waals surface area contributed by atoms with Crippen molar-refractivity contribution in [1.29, 1.82) is 0 Å². The number of nitrogens with one attached hydrogen (secondary N) is 1. The molecule has 0 aliphatic rings. The van der Waals surface area contributed by atoms with E-state index >= 15 is 0 Å². The van der Waals surface area contributed by atoms with Gasteiger partial charge in [0.25, 0.3) is 5.91 Å². The van der Waals surface area contributed by atoms with E-state index in [1.807, 2.05) is 0 Å². The molecule has 0 saturated heterocycles. The van der Waals surface area contributed by atoms with Crippen LogP contribution in [0.2, 0.25) is 10.0 Å². The predicted octanol–water partition coefficient (Wildman–Crippen LogP) is 5.08. The summed E-state index contributed by atoms with van der Waals surface area (Å²) in [4.78, 5) is 24.1. The van der Waals surface area contributed by atoms with Crippen LogP contribution in [0.4, 0.5) is 10.1 Å². The third-order valence-electron chi connectivity index (χ3n) is 4.45. The summed E-state index contributed by atoms with van der Waals surface area (Å²) in [5.41, 5.74) is 7.59. The van der Waals surface area contributed by atoms with Crippen molar-refractivity contribution in [2.24, 2.45) is 5.73 Å². The van der Waals surface area contributed by atoms with Gasteiger partial charge in [0.15, 0.2) is 0 Å². The maximum atomic E-state index is 13.5. The molecular weight excluding hydrogens is 430 g/mol. The second-order valence-electron chi connectivity index (χ2n) is 6.45. The molecule has 0 saturated carbocycles. The van der Waals surface area contributed by atoms with Crippen molar-refractivity contribution in [2.75, 3.05) is 12.4 Å². The topological polar surface area (TPSA) is 81.4 Å². The Balaban J connectivity index is 1.93. The van der Waals surface area contributed by atoms with E-state index in [0.717, 1.165) is 0 Å². The van der Waals surface area contributed by atoms with Crippen molar-refractivity contribution in [1.82, 2.24) is 0 Å². The lowest BCUT2D eigenvalue weighted by molar-refractivity contribution is 0.0998. The van der Waals surface area contributed by atoms with Crippen LogP contribution in [0.15, 0.2) is 54.6 Å². The van der Waals surface area contributed by atoms with E-state index in [9.17, 15) is 14.0 Å². The van der Waals surface area contributed by atoms with Gasteiger partial charge >= 0.3 is 0 Å². The fourth-order valence-electron chi connectivity index (χ4n) is 2.93. The number of benzene rings is 3. The quantitative estimate of drug-likeness (QED) is 0.553. The molecule has 0 unspecified atom stereocenters. The Kier molecular flexibility index (Phi) is 6.59. The molecule has 0 spiro atoms. The number of halogens is 3. The van der Waals surface area contributed by atoms with E-state index in [4.69, 9.17) is 33.7 Å². The zero-order valence-corrected chi connectivity index (χ0v) is 17.4. The maximum Gasteiger partial charge on any atom is 0.256 e. The zero-order chi connectivity index (χ0) is 21.8. The number of nitrogens with two attached hydrogens (primary N) is 1. The van der Waals surface area contributed by atoms with E-state index in [-0.39, 0.29) is 16.5 Å². The highest BCUT2D eigenvalue weighted by Crippen LogP contribution is 2.30. The summed E-state index contributed by atoms with van der Waals surface area (Å²) in [6.45, 7) is 0. The van der Waals surface area contributed by atoms with Gasteiger partial charge in [0.1, 0.15) is 11.6 Å². The first-order valence-corrected chi connectivity index (χ1v) is 9.55. The Bertz CT molecular complexity index is 1120. The van der Waals surface area contributed by atoms with Crippen molar-refractivity contribution < 1.29 is 18.7 Å². The molecule has 3 rings (SSSR count). The number of amides is 2. The average molecular weight is 447 g/mol. The summed E-state index contributed by atoms with van der Waals surface area (Å²) < 4.78 is 18.7. The molecule has 0 aliphatic carbocycles. The fourth-order valence-corrected chi connectivity index (χ4v) is 3.28. The predicted molar refractivity (Wildman–Crippen MR) is 115 cm³/mol. The largest absolute Gasteiger partial charge is 0.496 e. The van der Waals surface area contributed by atoms with Gasteiger partial charge in [-0.3, -0.25) is 9.59 Å². The molecule has 5 nitrogen and oxygen atoms in total. The minimum atomic E-state index is -0.562. The Morgan fingerprint density at radius 1 is 1.00 bits per heavy atom. The van der Waals surface area contributed by atoms with Crippen LogP contribution in [0, 0.1) is 5.82 Å². The molecule has 0 heterocycles. The van der Waals surface area contributed by atoms with E-state index in [0.29, 0.717) is 33.7 Å². The van der Waals surface area contributed by atoms with E-state index < -0.39 is 17.6 Å². The smallest absolute Gasteiger partial charge is 0.256 e. The highest BCUT2D eigenvalue weighted by Gasteiger charge is 2.17. The minimum absolute atomic E-state index is 0.223. The van der Waals surface area contributed by atoms with Crippen LogP contribution in [0.5, 0.6) is 5.75 Å². The summed E-state index contributed by atoms with van der Waals surface area (Å²) in [6, 6.07) is 13.4. The molecule has 0 bridgehead atoms. The van der Waals surface area contributed by atoms with Crippen molar-refractivity contribution in [3.8, 4) is 5.75 Å². The Morgan fingerprint density at radius 2 is 1.67 bits per heavy atom. The first-order chi connectivity index (χ1) is 14.3. The monoisotopic (exact) mass is 446 g/mol. The molecular formula is C22H17Cl2FN2O3. The van der Waals surface area contributed by atoms with Gasteiger partial charge in [0, 0.05) is 29.3 Å². The third kappa shape index (κ3) is 4.90. The Labute approximate surface area is 182 Å². The van der Waals surface area contributed by atoms with Crippen molar-refractivity contribution in [3.63, 3.8) is 0 Å². The molecule has 3 aromatic carbocycles. The highest BCUT2D eigenvalue weighted by molar-refractivity contribution is 6.42. The summed E-state index contributed by atoms with van der Waals surface area (Å²) in [7, 11) is 1.44. The standard InChI is InChI=1S/C22H17Cl2FN2O3/c1-30-20-10-15(25)5-2-13(20)8-14-9-18(23)19(24)11-17(14)22(29)27-16-6-3-12(4-7-16)21(26)28/h2-7,9-11H,8H2,1H3,(H2,26,28)(H,27,29). The molecule has 0 fully saturated rings. The Morgan fingerprint density at radius 3 is 2.30 bits per heavy atom. The minimum Gasteiger partial charge on any atom is -0.496 e. The molecule has 0 radical (unpaired) electrons. The average Bonchev–Trinajstić information content (AvgIpc) is 2.72. The van der Waals surface area contributed by atoms with E-state index in [1.165, 1.54) is 37.4 Å². The zero-order valence-electron chi connectivity index (χ0n) is 15.8. The number of rotatable bonds is 6. The summed E-state index contributed by atoms with van der Waals surface area (Å²) >= 11 is 12.3. The molecule has 8 heteroatoms. The van der Waals surface area contributed by atoms with Gasteiger partial charge in [-0.25, -0.2) is 4.39 Å². The SMILES string of the molecule is COc1cc(F)ccc1Cc1cc(Cl)c(Cl)cc1C(=O)Nc1ccc(C(N)=O)cc1. The van der Waals surface area contributed by atoms with Crippen molar-refractivity contribution in [3.05, 3.63) is 92.7 Å². The van der Waals surface area contributed by atoms with Crippen molar-refractivity contribution >= 4 is 40.7 Å². The molecule has 0 atom stereocenters. The lowest BCUT2D eigenvalue weighted by Crippen LogP contribution is -2.15. The number of anilines is 1. The second-order valence-corrected chi connectivity index (χ2v) is 7.27. The lowest BCUT2D eigenvalue weighted by atomic mass is 9.98. The lowest BCUT2D eigenvalue weighted by Gasteiger charge is -2.14. The van der Waals surface area contributed by atoms with Gasteiger partial charge in [-0.05, 0) is 53.6 Å². The van der Waals surface area contributed by atoms with Gasteiger partial charge < -0.3 is 15.8 Å². The first-order valence-electron chi connectivity index (χ1n) is 8.80. The summed E-state index contributed by atoms with van der Waals surface area (Å²) in [6.07, 6.45) is 0.268. The van der Waals surface area contributed by atoms with Gasteiger partial charge in [-0.2, -0.15) is 0 Å². The number of carbonyl (C=O) groups is 2. The van der Waals surface area contributed by atoms with Crippen molar-refractivity contribution in [2.45, 2.75) is 6.42 Å². The highest BCUT2D eigenvalue weighted by atomic mass is 35.5. The number of hydrogen-bond acceptors (Lipinski definition) is 3. The third-order valence-corrected chi connectivity index (χ3v) is 5.17. The maximum absolute atomic E-state index is 13.5. The van der Waals surface area contributed by atoms with Crippen LogP contribution in [0.25, 0.3) is 0 Å². The van der Waals surface area contributed by atoms with Gasteiger partial charge in [0.2, 0.25) is 5.91 Å². The normalized spacial score (nSPS) is 10.5. The number of methoxy groups -OCH3 is 1. The number of hydrogen-bond donors (Lipinski definition) is 2. The molecule has 0 aromatic heterocycles. The summed E-state index contributed by atoms with van der Waals surface area (Å²) in [5, 5.41) is 3.26. The fraction of sp³-hybridized carbons (Fsp3) is 0.0909. The van der Waals surface area contributed by atoms with Gasteiger partial charge in [0.05, 0.1) is 17.2 Å². The van der Waals surface area contributed by atoms with Crippen LogP contribution in [0.1, 0.15) is 31.8 Å². The molecule has 2 amide bonds. The van der Waals surface area contributed by atoms with Crippen LogP contribution >= 0.6 is 23.2 Å². The van der Waals surface area contributed by atoms with Crippen LogP contribution in [-0.4, -0.2) is 18.9 Å². The summed E-state index contributed by atoms with van der Waals surface area (Å²) in [5.74, 6) is -1.05. The van der Waals surface area contributed by atoms with E-state index in [1.54, 1.807) is 24.3 Å². The van der Waals surface area contributed by atoms with Crippen LogP contribution < -0.4 is 15.8 Å². The number of carbonyl (C=O) groups excluding carboxylic acids is 2. The second kappa shape index (κ2) is 9.15.